The van der Waals surface area contributed by atoms with Crippen LogP contribution in [0.2, 0.25) is 0 Å². The first-order chi connectivity index (χ1) is 10.6. The molecule has 3 N–H and O–H groups in total. The molecule has 2 aromatic rings. The minimum Gasteiger partial charge on any atom is -0.464 e. The first-order valence-electron chi connectivity index (χ1n) is 7.01. The van der Waals surface area contributed by atoms with E-state index in [2.05, 4.69) is 31.5 Å². The summed E-state index contributed by atoms with van der Waals surface area (Å²) in [6, 6.07) is 5.16. The maximum atomic E-state index is 12.0. The number of anilines is 1. The number of halogens is 1. The van der Waals surface area contributed by atoms with E-state index in [1.165, 1.54) is 7.11 Å². The van der Waals surface area contributed by atoms with Gasteiger partial charge in [-0.3, -0.25) is 0 Å². The quantitative estimate of drug-likeness (QED) is 0.557. The van der Waals surface area contributed by atoms with Crippen molar-refractivity contribution < 1.29 is 14.3 Å². The van der Waals surface area contributed by atoms with Gasteiger partial charge < -0.3 is 20.4 Å². The lowest BCUT2D eigenvalue weighted by molar-refractivity contribution is 0.0596. The number of carbonyl (C=O) groups excluding carboxylic acids is 2. The number of esters is 1. The monoisotopic (exact) mass is 367 g/mol. The number of methoxy groups -OCH3 is 1. The van der Waals surface area contributed by atoms with Crippen LogP contribution in [-0.4, -0.2) is 30.6 Å². The average molecular weight is 368 g/mol. The van der Waals surface area contributed by atoms with Crippen LogP contribution in [0, 0.1) is 0 Å². The number of rotatable bonds is 5. The maximum Gasteiger partial charge on any atom is 0.356 e. The van der Waals surface area contributed by atoms with E-state index in [0.29, 0.717) is 12.2 Å². The SMILES string of the molecule is CCCCNC(=O)Nc1c(C(=O)OC)[nH]c2ccc(Br)cc12. The lowest BCUT2D eigenvalue weighted by Crippen LogP contribution is -2.30. The molecule has 7 heteroatoms. The highest BCUT2D eigenvalue weighted by atomic mass is 79.9. The molecule has 0 aliphatic carbocycles. The molecule has 0 fully saturated rings. The van der Waals surface area contributed by atoms with E-state index < -0.39 is 5.97 Å². The summed E-state index contributed by atoms with van der Waals surface area (Å²) in [5.41, 5.74) is 1.38. The summed E-state index contributed by atoms with van der Waals surface area (Å²) >= 11 is 3.39. The molecule has 1 aromatic carbocycles. The van der Waals surface area contributed by atoms with Crippen LogP contribution < -0.4 is 10.6 Å². The molecule has 1 aromatic heterocycles. The van der Waals surface area contributed by atoms with Gasteiger partial charge in [-0.1, -0.05) is 29.3 Å². The summed E-state index contributed by atoms with van der Waals surface area (Å²) in [4.78, 5) is 26.8. The number of hydrogen-bond donors (Lipinski definition) is 3. The molecule has 0 aliphatic rings. The highest BCUT2D eigenvalue weighted by Gasteiger charge is 2.20. The van der Waals surface area contributed by atoms with Crippen molar-refractivity contribution in [3.05, 3.63) is 28.4 Å². The minimum absolute atomic E-state index is 0.223. The number of unbranched alkanes of at least 4 members (excludes halogenated alkanes) is 1. The highest BCUT2D eigenvalue weighted by molar-refractivity contribution is 9.10. The lowest BCUT2D eigenvalue weighted by atomic mass is 10.2. The molecular weight excluding hydrogens is 350 g/mol. The van der Waals surface area contributed by atoms with Crippen LogP contribution in [0.3, 0.4) is 0 Å². The number of fused-ring (bicyclic) bond motifs is 1. The second kappa shape index (κ2) is 7.31. The van der Waals surface area contributed by atoms with Crippen molar-refractivity contribution in [2.45, 2.75) is 19.8 Å². The number of aromatic nitrogens is 1. The molecule has 1 heterocycles. The van der Waals surface area contributed by atoms with Crippen LogP contribution in [0.4, 0.5) is 10.5 Å². The second-order valence-electron chi connectivity index (χ2n) is 4.79. The summed E-state index contributed by atoms with van der Waals surface area (Å²) in [6.45, 7) is 2.63. The summed E-state index contributed by atoms with van der Waals surface area (Å²) in [7, 11) is 1.30. The zero-order valence-electron chi connectivity index (χ0n) is 12.5. The van der Waals surface area contributed by atoms with E-state index in [-0.39, 0.29) is 11.7 Å². The Morgan fingerprint density at radius 2 is 2.14 bits per heavy atom. The number of benzene rings is 1. The van der Waals surface area contributed by atoms with Crippen molar-refractivity contribution in [3.8, 4) is 0 Å². The average Bonchev–Trinajstić information content (AvgIpc) is 2.85. The van der Waals surface area contributed by atoms with E-state index in [4.69, 9.17) is 4.74 Å². The predicted octanol–water partition coefficient (Wildman–Crippen LogP) is 3.64. The topological polar surface area (TPSA) is 83.2 Å². The van der Waals surface area contributed by atoms with E-state index in [1.54, 1.807) is 0 Å². The smallest absolute Gasteiger partial charge is 0.356 e. The van der Waals surface area contributed by atoms with Gasteiger partial charge in [-0.05, 0) is 24.6 Å². The molecule has 6 nitrogen and oxygen atoms in total. The fourth-order valence-corrected chi connectivity index (χ4v) is 2.45. The molecule has 2 rings (SSSR count). The number of carbonyl (C=O) groups is 2. The van der Waals surface area contributed by atoms with Gasteiger partial charge in [0.2, 0.25) is 0 Å². The van der Waals surface area contributed by atoms with Gasteiger partial charge in [-0.25, -0.2) is 9.59 Å². The zero-order chi connectivity index (χ0) is 16.1. The number of ether oxygens (including phenoxy) is 1. The van der Waals surface area contributed by atoms with Crippen molar-refractivity contribution in [2.75, 3.05) is 19.0 Å². The number of amides is 2. The van der Waals surface area contributed by atoms with Gasteiger partial charge >= 0.3 is 12.0 Å². The molecule has 0 spiro atoms. The van der Waals surface area contributed by atoms with Crippen molar-refractivity contribution in [3.63, 3.8) is 0 Å². The standard InChI is InChI=1S/C15H18BrN3O3/c1-3-4-7-17-15(21)19-12-10-8-9(16)5-6-11(10)18-13(12)14(20)22-2/h5-6,8,18H,3-4,7H2,1-2H3,(H2,17,19,21). The Kier molecular flexibility index (Phi) is 5.43. The third kappa shape index (κ3) is 3.59. The van der Waals surface area contributed by atoms with E-state index in [9.17, 15) is 9.59 Å². The molecule has 22 heavy (non-hydrogen) atoms. The van der Waals surface area contributed by atoms with E-state index in [0.717, 1.165) is 28.2 Å². The molecule has 118 valence electrons. The first-order valence-corrected chi connectivity index (χ1v) is 7.80. The molecular formula is C15H18BrN3O3. The molecule has 0 aliphatic heterocycles. The second-order valence-corrected chi connectivity index (χ2v) is 5.71. The van der Waals surface area contributed by atoms with Gasteiger partial charge in [0, 0.05) is 21.9 Å². The minimum atomic E-state index is -0.531. The van der Waals surface area contributed by atoms with Gasteiger partial charge in [0.25, 0.3) is 0 Å². The normalized spacial score (nSPS) is 10.5. The molecule has 0 saturated heterocycles. The Bertz CT molecular complexity index is 697. The molecule has 2 amide bonds. The highest BCUT2D eigenvalue weighted by Crippen LogP contribution is 2.30. The number of H-pyrrole nitrogens is 1. The van der Waals surface area contributed by atoms with Crippen molar-refractivity contribution in [1.29, 1.82) is 0 Å². The predicted molar refractivity (Wildman–Crippen MR) is 89.3 cm³/mol. The Balaban J connectivity index is 2.34. The Morgan fingerprint density at radius 3 is 2.82 bits per heavy atom. The van der Waals surface area contributed by atoms with Crippen LogP contribution in [-0.2, 0) is 4.74 Å². The molecule has 0 atom stereocenters. The Hall–Kier alpha value is -2.02. The van der Waals surface area contributed by atoms with Crippen LogP contribution in [0.15, 0.2) is 22.7 Å². The van der Waals surface area contributed by atoms with Crippen molar-refractivity contribution in [1.82, 2.24) is 10.3 Å². The summed E-state index contributed by atoms with van der Waals surface area (Å²) in [6.07, 6.45) is 1.89. The molecule has 0 bridgehead atoms. The van der Waals surface area contributed by atoms with Crippen LogP contribution in [0.1, 0.15) is 30.3 Å². The van der Waals surface area contributed by atoms with Gasteiger partial charge in [-0.2, -0.15) is 0 Å². The van der Waals surface area contributed by atoms with Gasteiger partial charge in [0.05, 0.1) is 12.8 Å². The Labute approximate surface area is 136 Å². The number of urea groups is 1. The third-order valence-electron chi connectivity index (χ3n) is 3.20. The largest absolute Gasteiger partial charge is 0.464 e. The third-order valence-corrected chi connectivity index (χ3v) is 3.70. The van der Waals surface area contributed by atoms with Gasteiger partial charge in [0.15, 0.2) is 0 Å². The van der Waals surface area contributed by atoms with E-state index >= 15 is 0 Å². The summed E-state index contributed by atoms with van der Waals surface area (Å²) in [5.74, 6) is -0.531. The number of aromatic amines is 1. The van der Waals surface area contributed by atoms with Gasteiger partial charge in [0.1, 0.15) is 5.69 Å². The number of hydrogen-bond acceptors (Lipinski definition) is 3. The first kappa shape index (κ1) is 16.4. The van der Waals surface area contributed by atoms with E-state index in [1.807, 2.05) is 25.1 Å². The van der Waals surface area contributed by atoms with Gasteiger partial charge in [-0.15, -0.1) is 0 Å². The molecule has 0 saturated carbocycles. The van der Waals surface area contributed by atoms with Crippen LogP contribution >= 0.6 is 15.9 Å². The molecule has 0 radical (unpaired) electrons. The van der Waals surface area contributed by atoms with Crippen molar-refractivity contribution >= 4 is 44.5 Å². The van der Waals surface area contributed by atoms with Crippen LogP contribution in [0.5, 0.6) is 0 Å². The lowest BCUT2D eigenvalue weighted by Gasteiger charge is -2.08. The number of nitrogens with one attached hydrogen (secondary N) is 3. The fourth-order valence-electron chi connectivity index (χ4n) is 2.09. The zero-order valence-corrected chi connectivity index (χ0v) is 14.0. The van der Waals surface area contributed by atoms with Crippen LogP contribution in [0.25, 0.3) is 10.9 Å². The fraction of sp³-hybridized carbons (Fsp3) is 0.333. The summed E-state index contributed by atoms with van der Waals surface area (Å²) in [5, 5.41) is 6.23. The maximum absolute atomic E-state index is 12.0. The summed E-state index contributed by atoms with van der Waals surface area (Å²) < 4.78 is 5.61. The Morgan fingerprint density at radius 1 is 1.36 bits per heavy atom. The van der Waals surface area contributed by atoms with Crippen molar-refractivity contribution in [2.24, 2.45) is 0 Å². The molecule has 0 unspecified atom stereocenters.